The van der Waals surface area contributed by atoms with E-state index in [0.717, 1.165) is 31.0 Å². The summed E-state index contributed by atoms with van der Waals surface area (Å²) in [6.07, 6.45) is 6.17. The highest BCUT2D eigenvalue weighted by Crippen LogP contribution is 2.39. The third-order valence-electron chi connectivity index (χ3n) is 3.31. The van der Waals surface area contributed by atoms with E-state index >= 15 is 0 Å². The minimum atomic E-state index is -0.506. The zero-order chi connectivity index (χ0) is 13.0. The van der Waals surface area contributed by atoms with Gasteiger partial charge in [0.25, 0.3) is 0 Å². The van der Waals surface area contributed by atoms with Crippen LogP contribution in [0.15, 0.2) is 17.6 Å². The molecule has 0 bridgehead atoms. The molecule has 0 spiro atoms. The quantitative estimate of drug-likeness (QED) is 0.794. The lowest BCUT2D eigenvalue weighted by molar-refractivity contribution is -0.148. The zero-order valence-corrected chi connectivity index (χ0v) is 11.5. The van der Waals surface area contributed by atoms with Crippen LogP contribution in [-0.2, 0) is 9.53 Å². The van der Waals surface area contributed by atoms with Gasteiger partial charge in [0.05, 0.1) is 7.11 Å². The first-order valence-corrected chi connectivity index (χ1v) is 7.07. The molecule has 2 atom stereocenters. The lowest BCUT2D eigenvalue weighted by Crippen LogP contribution is -2.50. The standard InChI is InChI=1S/C12H19N3O2S/c1-3-15-12(10(16)17-2)5-4-9(8-12)18-11-13-6-7-14-11/h6-7,9,15H,3-5,8H2,1-2H3,(H,13,14). The van der Waals surface area contributed by atoms with Crippen LogP contribution in [0.25, 0.3) is 0 Å². The number of methoxy groups -OCH3 is 1. The fourth-order valence-corrected chi connectivity index (χ4v) is 3.70. The van der Waals surface area contributed by atoms with Gasteiger partial charge in [-0.3, -0.25) is 4.79 Å². The summed E-state index contributed by atoms with van der Waals surface area (Å²) in [7, 11) is 1.45. The molecular weight excluding hydrogens is 250 g/mol. The van der Waals surface area contributed by atoms with Crippen LogP contribution in [0.1, 0.15) is 26.2 Å². The average molecular weight is 269 g/mol. The summed E-state index contributed by atoms with van der Waals surface area (Å²) >= 11 is 1.70. The van der Waals surface area contributed by atoms with E-state index in [0.29, 0.717) is 5.25 Å². The van der Waals surface area contributed by atoms with Gasteiger partial charge in [-0.25, -0.2) is 4.98 Å². The predicted molar refractivity (Wildman–Crippen MR) is 70.5 cm³/mol. The molecule has 2 rings (SSSR count). The van der Waals surface area contributed by atoms with Crippen molar-refractivity contribution in [3.05, 3.63) is 12.4 Å². The summed E-state index contributed by atoms with van der Waals surface area (Å²) in [6.45, 7) is 2.78. The molecule has 2 N–H and O–H groups in total. The molecule has 5 nitrogen and oxygen atoms in total. The van der Waals surface area contributed by atoms with Crippen molar-refractivity contribution in [3.63, 3.8) is 0 Å². The number of carbonyl (C=O) groups excluding carboxylic acids is 1. The van der Waals surface area contributed by atoms with E-state index in [4.69, 9.17) is 4.74 Å². The number of aromatic nitrogens is 2. The van der Waals surface area contributed by atoms with Crippen molar-refractivity contribution in [2.75, 3.05) is 13.7 Å². The third kappa shape index (κ3) is 2.70. The molecule has 1 aromatic heterocycles. The van der Waals surface area contributed by atoms with E-state index in [1.54, 1.807) is 18.0 Å². The van der Waals surface area contributed by atoms with Gasteiger partial charge >= 0.3 is 5.97 Å². The zero-order valence-electron chi connectivity index (χ0n) is 10.7. The van der Waals surface area contributed by atoms with Crippen molar-refractivity contribution in [1.82, 2.24) is 15.3 Å². The van der Waals surface area contributed by atoms with Gasteiger partial charge in [0, 0.05) is 17.6 Å². The summed E-state index contributed by atoms with van der Waals surface area (Å²) in [5.74, 6) is -0.146. The molecule has 100 valence electrons. The van der Waals surface area contributed by atoms with Crippen molar-refractivity contribution in [2.45, 2.75) is 42.1 Å². The van der Waals surface area contributed by atoms with Crippen molar-refractivity contribution >= 4 is 17.7 Å². The normalized spacial score (nSPS) is 27.3. The maximum atomic E-state index is 12.0. The Morgan fingerprint density at radius 1 is 1.78 bits per heavy atom. The number of esters is 1. The van der Waals surface area contributed by atoms with Crippen LogP contribution in [-0.4, -0.2) is 40.4 Å². The summed E-state index contributed by atoms with van der Waals surface area (Å²) < 4.78 is 4.94. The maximum Gasteiger partial charge on any atom is 0.326 e. The van der Waals surface area contributed by atoms with Gasteiger partial charge in [-0.15, -0.1) is 0 Å². The first-order valence-electron chi connectivity index (χ1n) is 6.19. The number of ether oxygens (including phenoxy) is 1. The van der Waals surface area contributed by atoms with Crippen molar-refractivity contribution < 1.29 is 9.53 Å². The van der Waals surface area contributed by atoms with Crippen molar-refractivity contribution in [3.8, 4) is 0 Å². The Morgan fingerprint density at radius 2 is 2.61 bits per heavy atom. The van der Waals surface area contributed by atoms with Gasteiger partial charge in [0.2, 0.25) is 0 Å². The van der Waals surface area contributed by atoms with Gasteiger partial charge < -0.3 is 15.0 Å². The Hall–Kier alpha value is -1.01. The van der Waals surface area contributed by atoms with Gasteiger partial charge in [-0.2, -0.15) is 0 Å². The van der Waals surface area contributed by atoms with E-state index in [9.17, 15) is 4.79 Å². The molecule has 2 unspecified atom stereocenters. The Balaban J connectivity index is 2.01. The van der Waals surface area contributed by atoms with Crippen LogP contribution in [0.4, 0.5) is 0 Å². The summed E-state index contributed by atoms with van der Waals surface area (Å²) in [5.41, 5.74) is -0.506. The summed E-state index contributed by atoms with van der Waals surface area (Å²) in [5, 5.41) is 4.61. The molecular formula is C12H19N3O2S. The first-order chi connectivity index (χ1) is 8.70. The molecule has 6 heteroatoms. The molecule has 1 saturated carbocycles. The smallest absolute Gasteiger partial charge is 0.326 e. The number of hydrogen-bond donors (Lipinski definition) is 2. The second-order valence-electron chi connectivity index (χ2n) is 4.48. The number of imidazole rings is 1. The fraction of sp³-hybridized carbons (Fsp3) is 0.667. The lowest BCUT2D eigenvalue weighted by Gasteiger charge is -2.27. The molecule has 0 amide bonds. The number of rotatable bonds is 5. The average Bonchev–Trinajstić information content (AvgIpc) is 3.00. The monoisotopic (exact) mass is 269 g/mol. The minimum Gasteiger partial charge on any atom is -0.468 e. The second kappa shape index (κ2) is 5.75. The Bertz CT molecular complexity index is 396. The summed E-state index contributed by atoms with van der Waals surface area (Å²) in [6, 6.07) is 0. The molecule has 1 heterocycles. The maximum absolute atomic E-state index is 12.0. The largest absolute Gasteiger partial charge is 0.468 e. The van der Waals surface area contributed by atoms with Crippen molar-refractivity contribution in [2.24, 2.45) is 0 Å². The molecule has 1 aliphatic carbocycles. The lowest BCUT2D eigenvalue weighted by atomic mass is 9.98. The molecule has 1 aliphatic rings. The predicted octanol–water partition coefficient (Wildman–Crippen LogP) is 1.58. The highest BCUT2D eigenvalue weighted by molar-refractivity contribution is 7.99. The van der Waals surface area contributed by atoms with Gasteiger partial charge in [0.1, 0.15) is 5.54 Å². The number of likely N-dealkylation sites (N-methyl/N-ethyl adjacent to an activating group) is 1. The second-order valence-corrected chi connectivity index (χ2v) is 5.77. The minimum absolute atomic E-state index is 0.146. The summed E-state index contributed by atoms with van der Waals surface area (Å²) in [4.78, 5) is 19.2. The Labute approximate surface area is 111 Å². The Kier molecular flexibility index (Phi) is 4.29. The molecule has 0 saturated heterocycles. The van der Waals surface area contributed by atoms with Crippen LogP contribution in [0.5, 0.6) is 0 Å². The van der Waals surface area contributed by atoms with Crippen molar-refractivity contribution in [1.29, 1.82) is 0 Å². The number of nitrogens with one attached hydrogen (secondary N) is 2. The highest BCUT2D eigenvalue weighted by Gasteiger charge is 2.46. The van der Waals surface area contributed by atoms with E-state index in [2.05, 4.69) is 15.3 Å². The van der Waals surface area contributed by atoms with Gasteiger partial charge in [0.15, 0.2) is 5.16 Å². The third-order valence-corrected chi connectivity index (χ3v) is 4.49. The molecule has 0 aliphatic heterocycles. The number of H-pyrrole nitrogens is 1. The first kappa shape index (κ1) is 13.4. The molecule has 1 fully saturated rings. The number of thioether (sulfide) groups is 1. The number of aromatic amines is 1. The van der Waals surface area contributed by atoms with Crippen LogP contribution < -0.4 is 5.32 Å². The van der Waals surface area contributed by atoms with Crippen LogP contribution in [0.2, 0.25) is 0 Å². The van der Waals surface area contributed by atoms with E-state index in [1.165, 1.54) is 7.11 Å². The molecule has 1 aromatic rings. The van der Waals surface area contributed by atoms with Crippen LogP contribution in [0.3, 0.4) is 0 Å². The van der Waals surface area contributed by atoms with Gasteiger partial charge in [-0.1, -0.05) is 18.7 Å². The molecule has 18 heavy (non-hydrogen) atoms. The van der Waals surface area contributed by atoms with E-state index < -0.39 is 5.54 Å². The topological polar surface area (TPSA) is 67.0 Å². The molecule has 0 radical (unpaired) electrons. The Morgan fingerprint density at radius 3 is 3.22 bits per heavy atom. The van der Waals surface area contributed by atoms with Crippen LogP contribution in [0, 0.1) is 0 Å². The van der Waals surface area contributed by atoms with Gasteiger partial charge in [-0.05, 0) is 25.8 Å². The number of carbonyl (C=O) groups is 1. The van der Waals surface area contributed by atoms with E-state index in [1.807, 2.05) is 13.1 Å². The molecule has 0 aromatic carbocycles. The number of hydrogen-bond acceptors (Lipinski definition) is 5. The van der Waals surface area contributed by atoms with Crippen LogP contribution >= 0.6 is 11.8 Å². The number of nitrogens with zero attached hydrogens (tertiary/aromatic N) is 1. The highest BCUT2D eigenvalue weighted by atomic mass is 32.2. The fourth-order valence-electron chi connectivity index (χ4n) is 2.53. The SMILES string of the molecule is CCNC1(C(=O)OC)CCC(Sc2ncc[nH]2)C1. The van der Waals surface area contributed by atoms with E-state index in [-0.39, 0.29) is 5.97 Å².